The van der Waals surface area contributed by atoms with Crippen molar-refractivity contribution < 1.29 is 13.6 Å². The standard InChI is InChI=1S/C8H16N4O3S/c9-7(11-13)6-5-8(6)1-3-12(4-2-8)16(10,14)15/h6,13H,1-5H2,(H2,9,11)(H2,10,14,15)/t6-/m1/s1. The lowest BCUT2D eigenvalue weighted by Crippen LogP contribution is -2.43. The van der Waals surface area contributed by atoms with Gasteiger partial charge in [0.1, 0.15) is 5.84 Å². The van der Waals surface area contributed by atoms with Gasteiger partial charge in [0.15, 0.2) is 0 Å². The summed E-state index contributed by atoms with van der Waals surface area (Å²) in [6.07, 6.45) is 2.33. The minimum atomic E-state index is -3.57. The van der Waals surface area contributed by atoms with Gasteiger partial charge in [0.05, 0.1) is 0 Å². The van der Waals surface area contributed by atoms with Gasteiger partial charge in [0.25, 0.3) is 10.2 Å². The molecule has 0 aromatic heterocycles. The van der Waals surface area contributed by atoms with Crippen LogP contribution in [0.2, 0.25) is 0 Å². The van der Waals surface area contributed by atoms with Crippen LogP contribution in [0, 0.1) is 11.3 Å². The van der Waals surface area contributed by atoms with E-state index in [0.717, 1.165) is 19.3 Å². The minimum Gasteiger partial charge on any atom is -0.409 e. The lowest BCUT2D eigenvalue weighted by atomic mass is 9.91. The summed E-state index contributed by atoms with van der Waals surface area (Å²) in [4.78, 5) is 0. The van der Waals surface area contributed by atoms with Crippen molar-refractivity contribution >= 4 is 16.0 Å². The molecule has 1 atom stereocenters. The fraction of sp³-hybridized carbons (Fsp3) is 0.875. The summed E-state index contributed by atoms with van der Waals surface area (Å²) in [5.41, 5.74) is 5.59. The van der Waals surface area contributed by atoms with Crippen LogP contribution in [-0.4, -0.2) is 36.9 Å². The van der Waals surface area contributed by atoms with Crippen LogP contribution in [-0.2, 0) is 10.2 Å². The Bertz CT molecular complexity index is 411. The van der Waals surface area contributed by atoms with Crippen LogP contribution in [0.5, 0.6) is 0 Å². The maximum Gasteiger partial charge on any atom is 0.276 e. The number of piperidine rings is 1. The summed E-state index contributed by atoms with van der Waals surface area (Å²) in [6.45, 7) is 0.849. The van der Waals surface area contributed by atoms with Crippen LogP contribution in [0.4, 0.5) is 0 Å². The van der Waals surface area contributed by atoms with Crippen molar-refractivity contribution in [2.24, 2.45) is 27.4 Å². The third-order valence-corrected chi connectivity index (χ3v) is 4.83. The van der Waals surface area contributed by atoms with Crippen molar-refractivity contribution in [3.05, 3.63) is 0 Å². The number of nitrogens with two attached hydrogens (primary N) is 2. The number of rotatable bonds is 2. The molecular formula is C8H16N4O3S. The van der Waals surface area contributed by atoms with Crippen LogP contribution in [0.25, 0.3) is 0 Å². The van der Waals surface area contributed by atoms with Gasteiger partial charge >= 0.3 is 0 Å². The third-order valence-electron chi connectivity index (χ3n) is 3.74. The Labute approximate surface area is 94.3 Å². The van der Waals surface area contributed by atoms with Crippen molar-refractivity contribution in [1.29, 1.82) is 0 Å². The molecule has 8 heteroatoms. The van der Waals surface area contributed by atoms with Gasteiger partial charge in [0, 0.05) is 19.0 Å². The van der Waals surface area contributed by atoms with Gasteiger partial charge in [0.2, 0.25) is 0 Å². The SMILES string of the molecule is NC(=NO)[C@H]1CC12CCN(S(N)(=O)=O)CC2. The normalized spacial score (nSPS) is 30.6. The fourth-order valence-electron chi connectivity index (χ4n) is 2.57. The highest BCUT2D eigenvalue weighted by Crippen LogP contribution is 2.59. The summed E-state index contributed by atoms with van der Waals surface area (Å²) in [6, 6.07) is 0. The van der Waals surface area contributed by atoms with Gasteiger partial charge in [-0.1, -0.05) is 5.16 Å². The van der Waals surface area contributed by atoms with E-state index < -0.39 is 10.2 Å². The monoisotopic (exact) mass is 248 g/mol. The fourth-order valence-corrected chi connectivity index (χ4v) is 3.27. The predicted octanol–water partition coefficient (Wildman–Crippen LogP) is -0.962. The van der Waals surface area contributed by atoms with E-state index in [0.29, 0.717) is 13.1 Å². The molecule has 5 N–H and O–H groups in total. The van der Waals surface area contributed by atoms with Gasteiger partial charge in [-0.15, -0.1) is 0 Å². The van der Waals surface area contributed by atoms with Crippen LogP contribution in [0.1, 0.15) is 19.3 Å². The molecule has 16 heavy (non-hydrogen) atoms. The average molecular weight is 248 g/mol. The zero-order chi connectivity index (χ0) is 12.0. The van der Waals surface area contributed by atoms with E-state index in [4.69, 9.17) is 16.1 Å². The molecule has 1 aliphatic carbocycles. The van der Waals surface area contributed by atoms with E-state index in [1.807, 2.05) is 0 Å². The maximum absolute atomic E-state index is 11.1. The smallest absolute Gasteiger partial charge is 0.276 e. The van der Waals surface area contributed by atoms with Crippen molar-refractivity contribution in [2.45, 2.75) is 19.3 Å². The van der Waals surface area contributed by atoms with E-state index in [2.05, 4.69) is 5.16 Å². The molecular weight excluding hydrogens is 232 g/mol. The van der Waals surface area contributed by atoms with Gasteiger partial charge in [-0.3, -0.25) is 0 Å². The Morgan fingerprint density at radius 2 is 2.00 bits per heavy atom. The molecule has 0 radical (unpaired) electrons. The molecule has 92 valence electrons. The third kappa shape index (κ3) is 1.87. The summed E-state index contributed by atoms with van der Waals surface area (Å²) in [5, 5.41) is 16.6. The van der Waals surface area contributed by atoms with Crippen LogP contribution in [0.15, 0.2) is 5.16 Å². The first-order valence-corrected chi connectivity index (χ1v) is 6.65. The summed E-state index contributed by atoms with van der Waals surface area (Å²) in [5.74, 6) is 0.351. The molecule has 2 aliphatic rings. The molecule has 0 bridgehead atoms. The Morgan fingerprint density at radius 3 is 2.44 bits per heavy atom. The van der Waals surface area contributed by atoms with E-state index >= 15 is 0 Å². The highest BCUT2D eigenvalue weighted by atomic mass is 32.2. The minimum absolute atomic E-state index is 0.0392. The highest BCUT2D eigenvalue weighted by Gasteiger charge is 2.57. The molecule has 0 amide bonds. The summed E-state index contributed by atoms with van der Waals surface area (Å²) < 4.78 is 23.5. The maximum atomic E-state index is 11.1. The number of amidine groups is 1. The molecule has 2 rings (SSSR count). The van der Waals surface area contributed by atoms with Gasteiger partial charge < -0.3 is 10.9 Å². The van der Waals surface area contributed by atoms with Crippen molar-refractivity contribution in [3.8, 4) is 0 Å². The van der Waals surface area contributed by atoms with E-state index in [1.54, 1.807) is 0 Å². The second kappa shape index (κ2) is 3.57. The summed E-state index contributed by atoms with van der Waals surface area (Å²) >= 11 is 0. The molecule has 1 spiro atoms. The zero-order valence-electron chi connectivity index (χ0n) is 8.83. The second-order valence-electron chi connectivity index (χ2n) is 4.59. The van der Waals surface area contributed by atoms with E-state index in [-0.39, 0.29) is 17.2 Å². The van der Waals surface area contributed by atoms with Gasteiger partial charge in [-0.2, -0.15) is 12.7 Å². The van der Waals surface area contributed by atoms with Crippen LogP contribution >= 0.6 is 0 Å². The number of hydrogen-bond donors (Lipinski definition) is 3. The van der Waals surface area contributed by atoms with Crippen molar-refractivity contribution in [3.63, 3.8) is 0 Å². The molecule has 1 saturated carbocycles. The molecule has 7 nitrogen and oxygen atoms in total. The first-order valence-electron chi connectivity index (χ1n) is 5.14. The molecule has 0 aromatic carbocycles. The Kier molecular flexibility index (Phi) is 2.59. The molecule has 2 fully saturated rings. The van der Waals surface area contributed by atoms with Gasteiger partial charge in [-0.05, 0) is 24.7 Å². The Morgan fingerprint density at radius 1 is 1.44 bits per heavy atom. The quantitative estimate of drug-likeness (QED) is 0.252. The zero-order valence-corrected chi connectivity index (χ0v) is 9.65. The van der Waals surface area contributed by atoms with Crippen LogP contribution in [0.3, 0.4) is 0 Å². The lowest BCUT2D eigenvalue weighted by Gasteiger charge is -2.30. The van der Waals surface area contributed by atoms with Crippen LogP contribution < -0.4 is 10.9 Å². The molecule has 0 unspecified atom stereocenters. The number of hydrogen-bond acceptors (Lipinski definition) is 4. The van der Waals surface area contributed by atoms with Crippen molar-refractivity contribution in [2.75, 3.05) is 13.1 Å². The summed E-state index contributed by atoms with van der Waals surface area (Å²) in [7, 11) is -3.57. The van der Waals surface area contributed by atoms with Gasteiger partial charge in [-0.25, -0.2) is 5.14 Å². The largest absolute Gasteiger partial charge is 0.409 e. The van der Waals surface area contributed by atoms with Crippen molar-refractivity contribution in [1.82, 2.24) is 4.31 Å². The Hall–Kier alpha value is -0.860. The predicted molar refractivity (Wildman–Crippen MR) is 57.9 cm³/mol. The molecule has 0 aromatic rings. The first kappa shape index (κ1) is 11.6. The topological polar surface area (TPSA) is 122 Å². The number of nitrogens with zero attached hydrogens (tertiary/aromatic N) is 2. The average Bonchev–Trinajstić information content (AvgIpc) is 2.90. The number of oxime groups is 1. The second-order valence-corrected chi connectivity index (χ2v) is 6.13. The van der Waals surface area contributed by atoms with E-state index in [1.165, 1.54) is 4.31 Å². The Balaban J connectivity index is 1.98. The molecule has 1 aliphatic heterocycles. The lowest BCUT2D eigenvalue weighted by molar-refractivity contribution is 0.248. The highest BCUT2D eigenvalue weighted by molar-refractivity contribution is 7.86. The first-order chi connectivity index (χ1) is 7.39. The van der Waals surface area contributed by atoms with E-state index in [9.17, 15) is 8.42 Å². The molecule has 1 heterocycles. The molecule has 1 saturated heterocycles.